The first-order valence-corrected chi connectivity index (χ1v) is 8.15. The molecule has 7 heteroatoms. The molecule has 0 aromatic carbocycles. The van der Waals surface area contributed by atoms with Gasteiger partial charge in [0.1, 0.15) is 11.5 Å². The molecule has 0 saturated carbocycles. The fourth-order valence-electron chi connectivity index (χ4n) is 3.54. The Kier molecular flexibility index (Phi) is 3.91. The van der Waals surface area contributed by atoms with Crippen molar-refractivity contribution in [1.82, 2.24) is 24.7 Å². The number of carbonyl (C=O) groups is 2. The first-order valence-electron chi connectivity index (χ1n) is 8.15. The molecule has 0 aliphatic carbocycles. The van der Waals surface area contributed by atoms with Gasteiger partial charge >= 0.3 is 0 Å². The molecule has 1 N–H and O–H groups in total. The van der Waals surface area contributed by atoms with Crippen molar-refractivity contribution in [2.45, 2.75) is 45.3 Å². The highest BCUT2D eigenvalue weighted by atomic mass is 16.2. The molecule has 1 atom stereocenters. The Morgan fingerprint density at radius 2 is 2.04 bits per heavy atom. The molecular formula is C16H25N5O2. The Balaban J connectivity index is 1.84. The van der Waals surface area contributed by atoms with Crippen LogP contribution in [0, 0.1) is 6.92 Å². The topological polar surface area (TPSA) is 70.5 Å². The number of fused-ring (bicyclic) bond motifs is 1. The summed E-state index contributed by atoms with van der Waals surface area (Å²) in [6.07, 6.45) is 1.91. The quantitative estimate of drug-likeness (QED) is 0.855. The summed E-state index contributed by atoms with van der Waals surface area (Å²) in [6, 6.07) is 0. The summed E-state index contributed by atoms with van der Waals surface area (Å²) in [6.45, 7) is 6.44. The van der Waals surface area contributed by atoms with Crippen LogP contribution in [0.2, 0.25) is 0 Å². The van der Waals surface area contributed by atoms with Gasteiger partial charge in [-0.3, -0.25) is 9.59 Å². The van der Waals surface area contributed by atoms with Crippen molar-refractivity contribution >= 4 is 11.8 Å². The van der Waals surface area contributed by atoms with Crippen LogP contribution in [0.4, 0.5) is 0 Å². The van der Waals surface area contributed by atoms with Gasteiger partial charge in [-0.05, 0) is 33.2 Å². The number of aryl methyl sites for hydroxylation is 1. The van der Waals surface area contributed by atoms with E-state index in [1.54, 1.807) is 19.0 Å². The molecule has 0 bridgehead atoms. The van der Waals surface area contributed by atoms with Crippen molar-refractivity contribution in [3.8, 4) is 0 Å². The van der Waals surface area contributed by atoms with E-state index < -0.39 is 5.54 Å². The van der Waals surface area contributed by atoms with Crippen LogP contribution in [-0.2, 0) is 17.9 Å². The first-order chi connectivity index (χ1) is 10.8. The van der Waals surface area contributed by atoms with Crippen LogP contribution in [0.25, 0.3) is 0 Å². The number of carbonyl (C=O) groups excluding carboxylic acids is 2. The Hall–Kier alpha value is -1.89. The Morgan fingerprint density at radius 1 is 1.30 bits per heavy atom. The third-order valence-corrected chi connectivity index (χ3v) is 4.88. The van der Waals surface area contributed by atoms with E-state index in [1.807, 2.05) is 23.3 Å². The second-order valence-corrected chi connectivity index (χ2v) is 6.90. The van der Waals surface area contributed by atoms with Crippen LogP contribution < -0.4 is 5.32 Å². The standard InChI is InChI=1S/C16H25N5O2/c1-11-13(14(22)19(3)4)21-9-8-20(10-12(21)18-11)15(23)16(2)6-5-7-17-16/h17H,5-10H2,1-4H3/t16-/m1/s1. The molecule has 0 spiro atoms. The molecule has 0 unspecified atom stereocenters. The van der Waals surface area contributed by atoms with Gasteiger partial charge in [0.15, 0.2) is 0 Å². The molecule has 1 saturated heterocycles. The number of hydrogen-bond acceptors (Lipinski definition) is 4. The van der Waals surface area contributed by atoms with Gasteiger partial charge in [-0.15, -0.1) is 0 Å². The van der Waals surface area contributed by atoms with Gasteiger partial charge in [-0.2, -0.15) is 0 Å². The van der Waals surface area contributed by atoms with Gasteiger partial charge in [0.2, 0.25) is 5.91 Å². The van der Waals surface area contributed by atoms with Crippen LogP contribution in [0.15, 0.2) is 0 Å². The molecule has 2 aliphatic rings. The summed E-state index contributed by atoms with van der Waals surface area (Å²) < 4.78 is 1.96. The summed E-state index contributed by atoms with van der Waals surface area (Å²) in [7, 11) is 3.49. The fraction of sp³-hybridized carbons (Fsp3) is 0.688. The Bertz CT molecular complexity index is 643. The zero-order valence-electron chi connectivity index (χ0n) is 14.3. The summed E-state index contributed by atoms with van der Waals surface area (Å²) in [5.74, 6) is 0.904. The lowest BCUT2D eigenvalue weighted by Gasteiger charge is -2.34. The maximum absolute atomic E-state index is 12.8. The molecule has 3 heterocycles. The molecule has 126 valence electrons. The van der Waals surface area contributed by atoms with E-state index in [0.717, 1.165) is 30.9 Å². The lowest BCUT2D eigenvalue weighted by Crippen LogP contribution is -2.54. The molecule has 1 aromatic rings. The third kappa shape index (κ3) is 2.63. The number of rotatable bonds is 2. The van der Waals surface area contributed by atoms with Crippen LogP contribution in [0.3, 0.4) is 0 Å². The molecule has 2 aliphatic heterocycles. The molecule has 2 amide bonds. The van der Waals surface area contributed by atoms with E-state index in [9.17, 15) is 9.59 Å². The summed E-state index contributed by atoms with van der Waals surface area (Å²) in [5.41, 5.74) is 0.923. The fourth-order valence-corrected chi connectivity index (χ4v) is 3.54. The highest BCUT2D eigenvalue weighted by Gasteiger charge is 2.40. The maximum Gasteiger partial charge on any atom is 0.271 e. The predicted molar refractivity (Wildman–Crippen MR) is 86.0 cm³/mol. The second-order valence-electron chi connectivity index (χ2n) is 6.90. The number of nitrogens with zero attached hydrogens (tertiary/aromatic N) is 4. The minimum absolute atomic E-state index is 0.0366. The number of hydrogen-bond donors (Lipinski definition) is 1. The van der Waals surface area contributed by atoms with Crippen LogP contribution >= 0.6 is 0 Å². The van der Waals surface area contributed by atoms with Crippen molar-refractivity contribution in [2.24, 2.45) is 0 Å². The van der Waals surface area contributed by atoms with Crippen molar-refractivity contribution in [3.63, 3.8) is 0 Å². The molecule has 1 fully saturated rings. The second kappa shape index (κ2) is 5.63. The normalized spacial score (nSPS) is 23.7. The van der Waals surface area contributed by atoms with Gasteiger partial charge in [-0.25, -0.2) is 4.98 Å². The maximum atomic E-state index is 12.8. The zero-order chi connectivity index (χ0) is 16.8. The zero-order valence-corrected chi connectivity index (χ0v) is 14.3. The largest absolute Gasteiger partial charge is 0.343 e. The van der Waals surface area contributed by atoms with Crippen LogP contribution in [0.1, 0.15) is 41.8 Å². The average molecular weight is 319 g/mol. The van der Waals surface area contributed by atoms with Crippen molar-refractivity contribution in [2.75, 3.05) is 27.2 Å². The van der Waals surface area contributed by atoms with E-state index in [-0.39, 0.29) is 11.8 Å². The van der Waals surface area contributed by atoms with Crippen molar-refractivity contribution < 1.29 is 9.59 Å². The first kappa shape index (κ1) is 16.0. The Morgan fingerprint density at radius 3 is 2.65 bits per heavy atom. The van der Waals surface area contributed by atoms with Gasteiger partial charge in [0, 0.05) is 27.2 Å². The highest BCUT2D eigenvalue weighted by molar-refractivity contribution is 5.93. The predicted octanol–water partition coefficient (Wildman–Crippen LogP) is 0.378. The molecule has 7 nitrogen and oxygen atoms in total. The summed E-state index contributed by atoms with van der Waals surface area (Å²) in [5, 5.41) is 3.32. The van der Waals surface area contributed by atoms with Crippen LogP contribution in [-0.4, -0.2) is 63.9 Å². The van der Waals surface area contributed by atoms with E-state index in [1.165, 1.54) is 0 Å². The number of imidazole rings is 1. The van der Waals surface area contributed by atoms with Crippen molar-refractivity contribution in [3.05, 3.63) is 17.2 Å². The van der Waals surface area contributed by atoms with Gasteiger partial charge in [0.25, 0.3) is 5.91 Å². The van der Waals surface area contributed by atoms with E-state index >= 15 is 0 Å². The van der Waals surface area contributed by atoms with E-state index in [4.69, 9.17) is 0 Å². The van der Waals surface area contributed by atoms with Gasteiger partial charge in [0.05, 0.1) is 17.8 Å². The summed E-state index contributed by atoms with van der Waals surface area (Å²) in [4.78, 5) is 33.1. The minimum atomic E-state index is -0.452. The molecule has 0 radical (unpaired) electrons. The lowest BCUT2D eigenvalue weighted by atomic mass is 9.98. The monoisotopic (exact) mass is 319 g/mol. The van der Waals surface area contributed by atoms with Crippen molar-refractivity contribution in [1.29, 1.82) is 0 Å². The third-order valence-electron chi connectivity index (χ3n) is 4.88. The smallest absolute Gasteiger partial charge is 0.271 e. The number of amides is 2. The molecule has 23 heavy (non-hydrogen) atoms. The van der Waals surface area contributed by atoms with Gasteiger partial charge < -0.3 is 19.7 Å². The Labute approximate surface area is 136 Å². The SMILES string of the molecule is Cc1nc2n(c1C(=O)N(C)C)CCN(C(=O)[C@@]1(C)CCCN1)C2. The van der Waals surface area contributed by atoms with E-state index in [0.29, 0.717) is 25.3 Å². The lowest BCUT2D eigenvalue weighted by molar-refractivity contribution is -0.138. The summed E-state index contributed by atoms with van der Waals surface area (Å²) >= 11 is 0. The number of aromatic nitrogens is 2. The average Bonchev–Trinajstić information content (AvgIpc) is 3.08. The van der Waals surface area contributed by atoms with Crippen LogP contribution in [0.5, 0.6) is 0 Å². The molecule has 1 aromatic heterocycles. The molecular weight excluding hydrogens is 294 g/mol. The van der Waals surface area contributed by atoms with Gasteiger partial charge in [-0.1, -0.05) is 0 Å². The minimum Gasteiger partial charge on any atom is -0.343 e. The molecule has 3 rings (SSSR count). The highest BCUT2D eigenvalue weighted by Crippen LogP contribution is 2.25. The van der Waals surface area contributed by atoms with E-state index in [2.05, 4.69) is 10.3 Å². The number of nitrogens with one attached hydrogen (secondary N) is 1.